The summed E-state index contributed by atoms with van der Waals surface area (Å²) in [4.78, 5) is 0. The molecule has 0 fully saturated rings. The Bertz CT molecular complexity index is 287. The highest BCUT2D eigenvalue weighted by atomic mass is 28.4. The van der Waals surface area contributed by atoms with Crippen LogP contribution in [0.25, 0.3) is 0 Å². The van der Waals surface area contributed by atoms with E-state index in [-0.39, 0.29) is 0 Å². The first-order chi connectivity index (χ1) is 7.01. The Morgan fingerprint density at radius 3 is 2.13 bits per heavy atom. The molecule has 0 bridgehead atoms. The van der Waals surface area contributed by atoms with Gasteiger partial charge in [0.15, 0.2) is 0 Å². The second kappa shape index (κ2) is 5.33. The summed E-state index contributed by atoms with van der Waals surface area (Å²) in [7, 11) is -1.47. The average molecular weight is 224 g/mol. The molecule has 1 rings (SSSR count). The third-order valence-corrected chi connectivity index (χ3v) is 2.67. The second-order valence-corrected chi connectivity index (χ2v) is 8.92. The van der Waals surface area contributed by atoms with Crippen molar-refractivity contribution in [3.05, 3.63) is 29.8 Å². The first-order valence-corrected chi connectivity index (χ1v) is 8.78. The van der Waals surface area contributed by atoms with E-state index in [0.717, 1.165) is 12.4 Å². The largest absolute Gasteiger partial charge is 0.544 e. The maximum absolute atomic E-state index is 5.86. The predicted octanol–water partition coefficient (Wildman–Crippen LogP) is 3.44. The van der Waals surface area contributed by atoms with Gasteiger partial charge in [-0.05, 0) is 44.3 Å². The van der Waals surface area contributed by atoms with Gasteiger partial charge in [0.1, 0.15) is 5.75 Å². The van der Waals surface area contributed by atoms with Crippen molar-refractivity contribution >= 4 is 8.32 Å². The Morgan fingerprint density at radius 1 is 1.07 bits per heavy atom. The highest BCUT2D eigenvalue weighted by Gasteiger charge is 2.15. The Morgan fingerprint density at radius 2 is 1.67 bits per heavy atom. The lowest BCUT2D eigenvalue weighted by molar-refractivity contribution is 0.134. The van der Waals surface area contributed by atoms with Gasteiger partial charge in [0, 0.05) is 6.61 Å². The molecule has 0 aliphatic carbocycles. The van der Waals surface area contributed by atoms with Crippen LogP contribution >= 0.6 is 0 Å². The van der Waals surface area contributed by atoms with Gasteiger partial charge < -0.3 is 9.16 Å². The standard InChI is InChI=1S/C12H20O2Si/c1-5-13-10-11-6-8-12(9-7-11)14-15(2,3)4/h6-9H,5,10H2,1-4H3. The molecule has 0 unspecified atom stereocenters. The summed E-state index contributed by atoms with van der Waals surface area (Å²) >= 11 is 0. The van der Waals surface area contributed by atoms with Crippen molar-refractivity contribution in [3.63, 3.8) is 0 Å². The van der Waals surface area contributed by atoms with Crippen LogP contribution in [0.2, 0.25) is 19.6 Å². The van der Waals surface area contributed by atoms with Gasteiger partial charge in [0.2, 0.25) is 8.32 Å². The van der Waals surface area contributed by atoms with Gasteiger partial charge in [-0.25, -0.2) is 0 Å². The maximum atomic E-state index is 5.86. The highest BCUT2D eigenvalue weighted by molar-refractivity contribution is 6.70. The van der Waals surface area contributed by atoms with Gasteiger partial charge in [-0.1, -0.05) is 12.1 Å². The third-order valence-electron chi connectivity index (χ3n) is 1.82. The summed E-state index contributed by atoms with van der Waals surface area (Å²) in [6.07, 6.45) is 0. The molecule has 0 saturated heterocycles. The van der Waals surface area contributed by atoms with Crippen LogP contribution < -0.4 is 4.43 Å². The fourth-order valence-corrected chi connectivity index (χ4v) is 2.07. The van der Waals surface area contributed by atoms with E-state index >= 15 is 0 Å². The first-order valence-electron chi connectivity index (χ1n) is 5.37. The predicted molar refractivity (Wildman–Crippen MR) is 65.7 cm³/mol. The van der Waals surface area contributed by atoms with Crippen LogP contribution in [-0.4, -0.2) is 14.9 Å². The molecular weight excluding hydrogens is 204 g/mol. The van der Waals surface area contributed by atoms with Crippen LogP contribution in [0.1, 0.15) is 12.5 Å². The molecule has 0 aromatic heterocycles. The Balaban J connectivity index is 2.56. The van der Waals surface area contributed by atoms with E-state index in [2.05, 4.69) is 31.8 Å². The summed E-state index contributed by atoms with van der Waals surface area (Å²) in [5.74, 6) is 0.967. The van der Waals surface area contributed by atoms with E-state index in [1.54, 1.807) is 0 Å². The molecule has 0 heterocycles. The third kappa shape index (κ3) is 5.00. The summed E-state index contributed by atoms with van der Waals surface area (Å²) < 4.78 is 11.2. The molecule has 1 aromatic rings. The van der Waals surface area contributed by atoms with Crippen molar-refractivity contribution in [3.8, 4) is 5.75 Å². The molecule has 0 atom stereocenters. The number of hydrogen-bond acceptors (Lipinski definition) is 2. The molecule has 15 heavy (non-hydrogen) atoms. The zero-order valence-electron chi connectivity index (χ0n) is 10.0. The van der Waals surface area contributed by atoms with Gasteiger partial charge >= 0.3 is 0 Å². The Hall–Kier alpha value is -0.803. The zero-order valence-corrected chi connectivity index (χ0v) is 11.0. The van der Waals surface area contributed by atoms with E-state index in [1.165, 1.54) is 5.56 Å². The fourth-order valence-electron chi connectivity index (χ4n) is 1.23. The number of hydrogen-bond donors (Lipinski definition) is 0. The zero-order chi connectivity index (χ0) is 11.3. The topological polar surface area (TPSA) is 18.5 Å². The number of benzene rings is 1. The molecule has 0 aliphatic rings. The normalized spacial score (nSPS) is 11.5. The molecule has 3 heteroatoms. The summed E-state index contributed by atoms with van der Waals surface area (Å²) in [6.45, 7) is 9.99. The average Bonchev–Trinajstić information content (AvgIpc) is 2.14. The Labute approximate surface area is 93.4 Å². The van der Waals surface area contributed by atoms with E-state index in [4.69, 9.17) is 9.16 Å². The van der Waals surface area contributed by atoms with Crippen molar-refractivity contribution in [1.29, 1.82) is 0 Å². The lowest BCUT2D eigenvalue weighted by atomic mass is 10.2. The molecule has 1 aromatic carbocycles. The minimum Gasteiger partial charge on any atom is -0.544 e. The van der Waals surface area contributed by atoms with Crippen LogP contribution in [0.3, 0.4) is 0 Å². The molecule has 0 spiro atoms. The SMILES string of the molecule is CCOCc1ccc(O[Si](C)(C)C)cc1. The van der Waals surface area contributed by atoms with Crippen LogP contribution in [0.15, 0.2) is 24.3 Å². The van der Waals surface area contributed by atoms with Gasteiger partial charge in [-0.3, -0.25) is 0 Å². The molecule has 0 amide bonds. The number of ether oxygens (including phenoxy) is 1. The van der Waals surface area contributed by atoms with Crippen LogP contribution in [0.5, 0.6) is 5.75 Å². The smallest absolute Gasteiger partial charge is 0.242 e. The van der Waals surface area contributed by atoms with Crippen molar-refractivity contribution in [1.82, 2.24) is 0 Å². The first kappa shape index (κ1) is 12.3. The monoisotopic (exact) mass is 224 g/mol. The fraction of sp³-hybridized carbons (Fsp3) is 0.500. The number of rotatable bonds is 5. The quantitative estimate of drug-likeness (QED) is 0.713. The van der Waals surface area contributed by atoms with Gasteiger partial charge in [0.25, 0.3) is 0 Å². The molecule has 0 aliphatic heterocycles. The van der Waals surface area contributed by atoms with Gasteiger partial charge in [-0.15, -0.1) is 0 Å². The molecular formula is C12H20O2Si. The van der Waals surface area contributed by atoms with E-state index in [1.807, 2.05) is 19.1 Å². The lowest BCUT2D eigenvalue weighted by Gasteiger charge is -2.19. The maximum Gasteiger partial charge on any atom is 0.242 e. The summed E-state index contributed by atoms with van der Waals surface area (Å²) in [5.41, 5.74) is 1.19. The van der Waals surface area contributed by atoms with Crippen molar-refractivity contribution in [2.75, 3.05) is 6.61 Å². The molecule has 0 N–H and O–H groups in total. The van der Waals surface area contributed by atoms with Crippen LogP contribution in [0.4, 0.5) is 0 Å². The van der Waals surface area contributed by atoms with Crippen molar-refractivity contribution in [2.45, 2.75) is 33.2 Å². The minimum absolute atomic E-state index is 0.684. The molecule has 0 radical (unpaired) electrons. The summed E-state index contributed by atoms with van der Waals surface area (Å²) in [6, 6.07) is 8.16. The van der Waals surface area contributed by atoms with E-state index in [0.29, 0.717) is 6.61 Å². The van der Waals surface area contributed by atoms with Crippen LogP contribution in [-0.2, 0) is 11.3 Å². The lowest BCUT2D eigenvalue weighted by Crippen LogP contribution is -2.29. The van der Waals surface area contributed by atoms with Gasteiger partial charge in [0.05, 0.1) is 6.61 Å². The van der Waals surface area contributed by atoms with E-state index in [9.17, 15) is 0 Å². The van der Waals surface area contributed by atoms with Crippen LogP contribution in [0, 0.1) is 0 Å². The van der Waals surface area contributed by atoms with E-state index < -0.39 is 8.32 Å². The molecule has 0 saturated carbocycles. The second-order valence-electron chi connectivity index (χ2n) is 4.50. The molecule has 84 valence electrons. The van der Waals surface area contributed by atoms with Gasteiger partial charge in [-0.2, -0.15) is 0 Å². The summed E-state index contributed by atoms with van der Waals surface area (Å²) in [5, 5.41) is 0. The highest BCUT2D eigenvalue weighted by Crippen LogP contribution is 2.17. The Kier molecular flexibility index (Phi) is 4.36. The minimum atomic E-state index is -1.47. The van der Waals surface area contributed by atoms with Crippen molar-refractivity contribution < 1.29 is 9.16 Å². The molecule has 2 nitrogen and oxygen atoms in total. The van der Waals surface area contributed by atoms with Crippen molar-refractivity contribution in [2.24, 2.45) is 0 Å².